The Morgan fingerprint density at radius 3 is 3.14 bits per heavy atom. The summed E-state index contributed by atoms with van der Waals surface area (Å²) in [5.41, 5.74) is 2.92. The Hall–Kier alpha value is -1.28. The van der Waals surface area contributed by atoms with E-state index in [4.69, 9.17) is 11.6 Å². The molecular weight excluding hydrogens is 198 g/mol. The van der Waals surface area contributed by atoms with Crippen LogP contribution in [0.5, 0.6) is 0 Å². The average Bonchev–Trinajstić information content (AvgIpc) is 2.58. The fraction of sp³-hybridized carbons (Fsp3) is 0.182. The average molecular weight is 208 g/mol. The molecule has 2 rings (SSSR count). The number of hydrogen-bond donors (Lipinski definition) is 1. The Bertz CT molecular complexity index is 398. The van der Waals surface area contributed by atoms with Crippen LogP contribution < -0.4 is 5.32 Å². The van der Waals surface area contributed by atoms with Crippen molar-refractivity contribution in [1.29, 1.82) is 0 Å². The first-order valence-electron chi connectivity index (χ1n) is 4.45. The smallest absolute Gasteiger partial charge is 0.251 e. The van der Waals surface area contributed by atoms with Crippen LogP contribution in [0.4, 0.5) is 0 Å². The summed E-state index contributed by atoms with van der Waals surface area (Å²) in [6, 6.07) is 5.72. The lowest BCUT2D eigenvalue weighted by molar-refractivity contribution is 0.0966. The second-order valence-corrected chi connectivity index (χ2v) is 3.42. The fourth-order valence-electron chi connectivity index (χ4n) is 1.61. The van der Waals surface area contributed by atoms with Gasteiger partial charge >= 0.3 is 0 Å². The number of halogens is 1. The Morgan fingerprint density at radius 1 is 1.50 bits per heavy atom. The summed E-state index contributed by atoms with van der Waals surface area (Å²) in [6.45, 7) is 0.622. The highest BCUT2D eigenvalue weighted by Gasteiger charge is 2.19. The normalized spacial score (nSPS) is 14.5. The molecule has 0 unspecified atom stereocenters. The third kappa shape index (κ3) is 1.53. The summed E-state index contributed by atoms with van der Waals surface area (Å²) in [7, 11) is 0. The number of carbonyl (C=O) groups excluding carboxylic acids is 1. The van der Waals surface area contributed by atoms with Gasteiger partial charge in [-0.1, -0.05) is 24.3 Å². The topological polar surface area (TPSA) is 29.1 Å². The molecule has 72 valence electrons. The van der Waals surface area contributed by atoms with Gasteiger partial charge in [-0.25, -0.2) is 0 Å². The number of benzene rings is 1. The maximum atomic E-state index is 11.3. The van der Waals surface area contributed by atoms with Crippen molar-refractivity contribution in [1.82, 2.24) is 5.32 Å². The van der Waals surface area contributed by atoms with Gasteiger partial charge < -0.3 is 5.32 Å². The zero-order valence-corrected chi connectivity index (χ0v) is 8.34. The number of rotatable bonds is 2. The summed E-state index contributed by atoms with van der Waals surface area (Å²) < 4.78 is 0. The summed E-state index contributed by atoms with van der Waals surface area (Å²) >= 11 is 5.56. The largest absolute Gasteiger partial charge is 0.348 e. The highest BCUT2D eigenvalue weighted by atomic mass is 35.5. The van der Waals surface area contributed by atoms with Crippen molar-refractivity contribution < 1.29 is 4.79 Å². The zero-order chi connectivity index (χ0) is 9.97. The van der Waals surface area contributed by atoms with Gasteiger partial charge in [0, 0.05) is 18.0 Å². The van der Waals surface area contributed by atoms with Gasteiger partial charge in [0.15, 0.2) is 0 Å². The Morgan fingerprint density at radius 2 is 2.36 bits per heavy atom. The van der Waals surface area contributed by atoms with E-state index in [1.807, 2.05) is 30.4 Å². The number of fused-ring (bicyclic) bond motifs is 1. The van der Waals surface area contributed by atoms with Crippen LogP contribution in [0.2, 0.25) is 0 Å². The van der Waals surface area contributed by atoms with Gasteiger partial charge in [-0.05, 0) is 17.2 Å². The molecule has 0 atom stereocenters. The molecule has 0 saturated heterocycles. The second-order valence-electron chi connectivity index (χ2n) is 3.11. The van der Waals surface area contributed by atoms with Gasteiger partial charge in [-0.3, -0.25) is 4.79 Å². The molecule has 1 aromatic carbocycles. The van der Waals surface area contributed by atoms with Crippen molar-refractivity contribution in [3.63, 3.8) is 0 Å². The number of alkyl halides is 1. The van der Waals surface area contributed by atoms with Crippen molar-refractivity contribution in [3.05, 3.63) is 41.0 Å². The third-order valence-corrected chi connectivity index (χ3v) is 2.45. The molecule has 0 saturated carbocycles. The van der Waals surface area contributed by atoms with Gasteiger partial charge in [0.05, 0.1) is 0 Å². The molecule has 3 heteroatoms. The van der Waals surface area contributed by atoms with Crippen LogP contribution >= 0.6 is 11.6 Å². The van der Waals surface area contributed by atoms with Gasteiger partial charge in [0.2, 0.25) is 0 Å². The molecule has 0 spiro atoms. The highest BCUT2D eigenvalue weighted by Crippen LogP contribution is 2.20. The van der Waals surface area contributed by atoms with Crippen molar-refractivity contribution in [2.24, 2.45) is 0 Å². The molecule has 14 heavy (non-hydrogen) atoms. The molecule has 1 N–H and O–H groups in total. The van der Waals surface area contributed by atoms with E-state index in [1.54, 1.807) is 0 Å². The molecule has 2 nitrogen and oxygen atoms in total. The molecule has 1 aromatic rings. The van der Waals surface area contributed by atoms with Crippen LogP contribution in [-0.4, -0.2) is 11.8 Å². The predicted molar refractivity (Wildman–Crippen MR) is 57.4 cm³/mol. The minimum atomic E-state index is 0.0149. The number of nitrogens with one attached hydrogen (secondary N) is 1. The van der Waals surface area contributed by atoms with E-state index in [-0.39, 0.29) is 5.91 Å². The number of allylic oxidation sites excluding steroid dienone is 1. The molecule has 0 aromatic heterocycles. The second kappa shape index (κ2) is 3.84. The maximum absolute atomic E-state index is 11.3. The SMILES string of the molecule is O=C1NCc2c(C=CCCl)cccc21. The summed E-state index contributed by atoms with van der Waals surface area (Å²) in [5.74, 6) is 0.506. The van der Waals surface area contributed by atoms with Crippen LogP contribution in [0.15, 0.2) is 24.3 Å². The minimum absolute atomic E-state index is 0.0149. The van der Waals surface area contributed by atoms with E-state index >= 15 is 0 Å². The van der Waals surface area contributed by atoms with E-state index in [0.29, 0.717) is 12.4 Å². The van der Waals surface area contributed by atoms with Crippen molar-refractivity contribution in [2.45, 2.75) is 6.54 Å². The standard InChI is InChI=1S/C11H10ClNO/c12-6-2-4-8-3-1-5-9-10(8)7-13-11(9)14/h1-5H,6-7H2,(H,13,14). The Labute approximate surface area is 87.6 Å². The van der Waals surface area contributed by atoms with Crippen molar-refractivity contribution in [3.8, 4) is 0 Å². The van der Waals surface area contributed by atoms with Crippen molar-refractivity contribution in [2.75, 3.05) is 5.88 Å². The lowest BCUT2D eigenvalue weighted by atomic mass is 10.0. The minimum Gasteiger partial charge on any atom is -0.348 e. The van der Waals surface area contributed by atoms with E-state index in [0.717, 1.165) is 16.7 Å². The molecule has 1 aliphatic heterocycles. The van der Waals surface area contributed by atoms with Gasteiger partial charge in [-0.15, -0.1) is 11.6 Å². The Kier molecular flexibility index (Phi) is 2.55. The van der Waals surface area contributed by atoms with Crippen LogP contribution in [-0.2, 0) is 6.54 Å². The number of carbonyl (C=O) groups is 1. The van der Waals surface area contributed by atoms with E-state index in [9.17, 15) is 4.79 Å². The molecule has 1 aliphatic rings. The quantitative estimate of drug-likeness (QED) is 0.740. The van der Waals surface area contributed by atoms with Crippen LogP contribution in [0.3, 0.4) is 0 Å². The summed E-state index contributed by atoms with van der Waals surface area (Å²) in [6.07, 6.45) is 3.83. The first kappa shape index (κ1) is 9.28. The molecule has 0 fully saturated rings. The van der Waals surface area contributed by atoms with Gasteiger partial charge in [-0.2, -0.15) is 0 Å². The molecule has 0 aliphatic carbocycles. The van der Waals surface area contributed by atoms with Crippen LogP contribution in [0.1, 0.15) is 21.5 Å². The summed E-state index contributed by atoms with van der Waals surface area (Å²) in [5, 5.41) is 2.80. The van der Waals surface area contributed by atoms with Crippen LogP contribution in [0, 0.1) is 0 Å². The lowest BCUT2D eigenvalue weighted by Gasteiger charge is -2.00. The van der Waals surface area contributed by atoms with Crippen molar-refractivity contribution >= 4 is 23.6 Å². The van der Waals surface area contributed by atoms with E-state index < -0.39 is 0 Å². The fourth-order valence-corrected chi connectivity index (χ4v) is 1.70. The maximum Gasteiger partial charge on any atom is 0.251 e. The zero-order valence-electron chi connectivity index (χ0n) is 7.59. The number of amides is 1. The highest BCUT2D eigenvalue weighted by molar-refractivity contribution is 6.19. The monoisotopic (exact) mass is 207 g/mol. The van der Waals surface area contributed by atoms with E-state index in [1.165, 1.54) is 0 Å². The molecular formula is C11H10ClNO. The first-order chi connectivity index (χ1) is 6.83. The lowest BCUT2D eigenvalue weighted by Crippen LogP contribution is -2.12. The number of hydrogen-bond acceptors (Lipinski definition) is 1. The van der Waals surface area contributed by atoms with Crippen LogP contribution in [0.25, 0.3) is 6.08 Å². The third-order valence-electron chi connectivity index (χ3n) is 2.27. The molecule has 0 radical (unpaired) electrons. The Balaban J connectivity index is 2.44. The van der Waals surface area contributed by atoms with Gasteiger partial charge in [0.1, 0.15) is 0 Å². The molecule has 1 amide bonds. The summed E-state index contributed by atoms with van der Waals surface area (Å²) in [4.78, 5) is 11.3. The van der Waals surface area contributed by atoms with E-state index in [2.05, 4.69) is 5.32 Å². The predicted octanol–water partition coefficient (Wildman–Crippen LogP) is 2.18. The molecule has 0 bridgehead atoms. The molecule has 1 heterocycles. The first-order valence-corrected chi connectivity index (χ1v) is 4.99. The van der Waals surface area contributed by atoms with Gasteiger partial charge in [0.25, 0.3) is 5.91 Å².